The van der Waals surface area contributed by atoms with Crippen molar-refractivity contribution in [2.24, 2.45) is 7.05 Å². The summed E-state index contributed by atoms with van der Waals surface area (Å²) in [4.78, 5) is 6.95. The second kappa shape index (κ2) is 5.85. The van der Waals surface area contributed by atoms with Crippen molar-refractivity contribution in [2.75, 3.05) is 20.2 Å². The van der Waals surface area contributed by atoms with Crippen molar-refractivity contribution in [3.63, 3.8) is 0 Å². The zero-order chi connectivity index (χ0) is 14.8. The Morgan fingerprint density at radius 2 is 2.00 bits per heavy atom. The summed E-state index contributed by atoms with van der Waals surface area (Å²) in [7, 11) is 3.45. The molecule has 1 aliphatic rings. The van der Waals surface area contributed by atoms with Crippen LogP contribution in [-0.4, -0.2) is 39.9 Å². The minimum atomic E-state index is 0.443. The Bertz CT molecular complexity index is 616. The lowest BCUT2D eigenvalue weighted by Gasteiger charge is -2.24. The van der Waals surface area contributed by atoms with Gasteiger partial charge in [-0.3, -0.25) is 4.90 Å². The van der Waals surface area contributed by atoms with E-state index >= 15 is 0 Å². The van der Waals surface area contributed by atoms with Crippen LogP contribution in [0.4, 0.5) is 0 Å². The zero-order valence-corrected chi connectivity index (χ0v) is 12.9. The van der Waals surface area contributed by atoms with Gasteiger partial charge in [0.25, 0.3) is 0 Å². The topological polar surface area (TPSA) is 43.2 Å². The largest absolute Gasteiger partial charge is 0.467 e. The number of hydrogen-bond donors (Lipinski definition) is 0. The molecule has 0 saturated carbocycles. The number of hydrogen-bond acceptors (Lipinski definition) is 4. The molecule has 2 aromatic rings. The molecule has 1 fully saturated rings. The fourth-order valence-corrected chi connectivity index (χ4v) is 2.95. The normalized spacial score (nSPS) is 17.1. The summed E-state index contributed by atoms with van der Waals surface area (Å²) in [6.07, 6.45) is 2.62. The average molecular weight is 286 g/mol. The molecular formula is C16H22N4O. The maximum Gasteiger partial charge on any atom is 0.314 e. The molecular weight excluding hydrogens is 264 g/mol. The smallest absolute Gasteiger partial charge is 0.314 e. The minimum Gasteiger partial charge on any atom is -0.467 e. The third-order valence-electron chi connectivity index (χ3n) is 4.22. The molecule has 21 heavy (non-hydrogen) atoms. The zero-order valence-electron chi connectivity index (χ0n) is 12.9. The van der Waals surface area contributed by atoms with Crippen LogP contribution in [-0.2, 0) is 7.05 Å². The van der Waals surface area contributed by atoms with Gasteiger partial charge in [-0.25, -0.2) is 4.68 Å². The number of methoxy groups -OCH3 is 1. The second-order valence-electron chi connectivity index (χ2n) is 5.59. The summed E-state index contributed by atoms with van der Waals surface area (Å²) in [5, 5.41) is 4.42. The van der Waals surface area contributed by atoms with Gasteiger partial charge in [-0.15, -0.1) is 5.10 Å². The van der Waals surface area contributed by atoms with Crippen LogP contribution in [0.15, 0.2) is 24.3 Å². The van der Waals surface area contributed by atoms with E-state index in [9.17, 15) is 0 Å². The minimum absolute atomic E-state index is 0.443. The van der Waals surface area contributed by atoms with Crippen molar-refractivity contribution in [3.05, 3.63) is 29.8 Å². The van der Waals surface area contributed by atoms with Gasteiger partial charge < -0.3 is 4.74 Å². The van der Waals surface area contributed by atoms with Gasteiger partial charge in [0.05, 0.1) is 7.11 Å². The highest BCUT2D eigenvalue weighted by atomic mass is 16.5. The second-order valence-corrected chi connectivity index (χ2v) is 5.59. The highest BCUT2D eigenvalue weighted by Gasteiger charge is 2.20. The lowest BCUT2D eigenvalue weighted by Crippen LogP contribution is -2.23. The molecule has 0 unspecified atom stereocenters. The lowest BCUT2D eigenvalue weighted by molar-refractivity contribution is 0.263. The first-order valence-corrected chi connectivity index (χ1v) is 7.48. The molecule has 1 saturated heterocycles. The highest BCUT2D eigenvalue weighted by molar-refractivity contribution is 5.56. The predicted molar refractivity (Wildman–Crippen MR) is 82.2 cm³/mol. The summed E-state index contributed by atoms with van der Waals surface area (Å²) >= 11 is 0. The Hall–Kier alpha value is -1.88. The Morgan fingerprint density at radius 3 is 2.67 bits per heavy atom. The van der Waals surface area contributed by atoms with Gasteiger partial charge in [0, 0.05) is 18.7 Å². The van der Waals surface area contributed by atoms with Crippen molar-refractivity contribution in [1.82, 2.24) is 19.7 Å². The van der Waals surface area contributed by atoms with Crippen LogP contribution >= 0.6 is 0 Å². The quantitative estimate of drug-likeness (QED) is 0.866. The molecule has 5 nitrogen and oxygen atoms in total. The van der Waals surface area contributed by atoms with Crippen LogP contribution in [0.2, 0.25) is 0 Å². The summed E-state index contributed by atoms with van der Waals surface area (Å²) < 4.78 is 6.85. The predicted octanol–water partition coefficient (Wildman–Crippen LogP) is 2.65. The van der Waals surface area contributed by atoms with Crippen molar-refractivity contribution in [3.8, 4) is 17.4 Å². The van der Waals surface area contributed by atoms with Gasteiger partial charge in [-0.05, 0) is 44.5 Å². The van der Waals surface area contributed by atoms with E-state index in [0.29, 0.717) is 17.9 Å². The van der Waals surface area contributed by atoms with E-state index in [1.807, 2.05) is 7.05 Å². The van der Waals surface area contributed by atoms with E-state index in [1.54, 1.807) is 11.8 Å². The molecule has 5 heteroatoms. The summed E-state index contributed by atoms with van der Waals surface area (Å²) in [5.74, 6) is 0.713. The number of rotatable bonds is 4. The Kier molecular flexibility index (Phi) is 3.92. The first-order chi connectivity index (χ1) is 10.2. The number of nitrogens with zero attached hydrogens (tertiary/aromatic N) is 4. The molecule has 1 atom stereocenters. The number of ether oxygens (including phenoxy) is 1. The molecule has 3 rings (SSSR count). The van der Waals surface area contributed by atoms with E-state index in [-0.39, 0.29) is 0 Å². The fourth-order valence-electron chi connectivity index (χ4n) is 2.95. The molecule has 112 valence electrons. The van der Waals surface area contributed by atoms with Gasteiger partial charge in [0.2, 0.25) is 0 Å². The van der Waals surface area contributed by atoms with Crippen molar-refractivity contribution in [2.45, 2.75) is 25.8 Å². The Labute approximate surface area is 125 Å². The molecule has 1 aromatic carbocycles. The van der Waals surface area contributed by atoms with Crippen molar-refractivity contribution in [1.29, 1.82) is 0 Å². The molecule has 2 heterocycles. The monoisotopic (exact) mass is 286 g/mol. The van der Waals surface area contributed by atoms with Crippen LogP contribution in [0, 0.1) is 0 Å². The average Bonchev–Trinajstić information content (AvgIpc) is 3.16. The third kappa shape index (κ3) is 2.78. The van der Waals surface area contributed by atoms with E-state index in [0.717, 1.165) is 5.56 Å². The van der Waals surface area contributed by atoms with E-state index in [4.69, 9.17) is 4.74 Å². The van der Waals surface area contributed by atoms with Crippen LogP contribution in [0.1, 0.15) is 31.4 Å². The van der Waals surface area contributed by atoms with Gasteiger partial charge in [0.15, 0.2) is 5.82 Å². The fraction of sp³-hybridized carbons (Fsp3) is 0.500. The lowest BCUT2D eigenvalue weighted by atomic mass is 10.0. The van der Waals surface area contributed by atoms with E-state index in [2.05, 4.69) is 46.2 Å². The Morgan fingerprint density at radius 1 is 1.24 bits per heavy atom. The molecule has 0 spiro atoms. The molecule has 0 amide bonds. The molecule has 0 bridgehead atoms. The number of aryl methyl sites for hydroxylation is 1. The first kappa shape index (κ1) is 14.1. The standard InChI is InChI=1S/C16H22N4O/c1-12(20-9-4-5-10-20)13-7-6-8-14(11-13)15-17-16(21-3)19(2)18-15/h6-8,11-12H,4-5,9-10H2,1-3H3/t12-/m0/s1. The van der Waals surface area contributed by atoms with Gasteiger partial charge in [-0.2, -0.15) is 4.98 Å². The molecule has 1 aromatic heterocycles. The Balaban J connectivity index is 1.88. The van der Waals surface area contributed by atoms with Crippen LogP contribution in [0.5, 0.6) is 6.01 Å². The number of aromatic nitrogens is 3. The summed E-state index contributed by atoms with van der Waals surface area (Å²) in [5.41, 5.74) is 2.36. The van der Waals surface area contributed by atoms with Gasteiger partial charge >= 0.3 is 6.01 Å². The van der Waals surface area contributed by atoms with Crippen LogP contribution in [0.3, 0.4) is 0 Å². The number of likely N-dealkylation sites (tertiary alicyclic amines) is 1. The SMILES string of the molecule is COc1nc(-c2cccc([C@H](C)N3CCCC3)c2)nn1C. The first-order valence-electron chi connectivity index (χ1n) is 7.48. The summed E-state index contributed by atoms with van der Waals surface area (Å²) in [6, 6.07) is 9.49. The maximum absolute atomic E-state index is 5.19. The van der Waals surface area contributed by atoms with E-state index < -0.39 is 0 Å². The molecule has 1 aliphatic heterocycles. The molecule has 0 N–H and O–H groups in total. The number of benzene rings is 1. The highest BCUT2D eigenvalue weighted by Crippen LogP contribution is 2.27. The van der Waals surface area contributed by atoms with E-state index in [1.165, 1.54) is 31.5 Å². The molecule has 0 radical (unpaired) electrons. The third-order valence-corrected chi connectivity index (χ3v) is 4.22. The van der Waals surface area contributed by atoms with Crippen molar-refractivity contribution >= 4 is 0 Å². The molecule has 0 aliphatic carbocycles. The summed E-state index contributed by atoms with van der Waals surface area (Å²) in [6.45, 7) is 4.67. The van der Waals surface area contributed by atoms with Crippen LogP contribution < -0.4 is 4.74 Å². The van der Waals surface area contributed by atoms with Crippen LogP contribution in [0.25, 0.3) is 11.4 Å². The van der Waals surface area contributed by atoms with Crippen molar-refractivity contribution < 1.29 is 4.74 Å². The van der Waals surface area contributed by atoms with Gasteiger partial charge in [0.1, 0.15) is 0 Å². The maximum atomic E-state index is 5.19. The van der Waals surface area contributed by atoms with Gasteiger partial charge in [-0.1, -0.05) is 18.2 Å².